The highest BCUT2D eigenvalue weighted by Gasteiger charge is 2.23. The van der Waals surface area contributed by atoms with E-state index in [0.29, 0.717) is 0 Å². The summed E-state index contributed by atoms with van der Waals surface area (Å²) in [7, 11) is 1.62. The van der Waals surface area contributed by atoms with Crippen molar-refractivity contribution in [1.29, 1.82) is 0 Å². The largest absolute Gasteiger partial charge is 0.497 e. The van der Waals surface area contributed by atoms with Gasteiger partial charge in [-0.25, -0.2) is 0 Å². The maximum atomic E-state index is 12.0. The Kier molecular flexibility index (Phi) is 2.62. The first-order chi connectivity index (χ1) is 7.26. The first-order valence-electron chi connectivity index (χ1n) is 5.22. The Morgan fingerprint density at radius 2 is 2.27 bits per heavy atom. The molecule has 0 saturated heterocycles. The minimum Gasteiger partial charge on any atom is -0.497 e. The molecule has 0 atom stereocenters. The van der Waals surface area contributed by atoms with E-state index in [9.17, 15) is 4.79 Å². The molecule has 0 aromatic heterocycles. The van der Waals surface area contributed by atoms with E-state index in [1.165, 1.54) is 0 Å². The van der Waals surface area contributed by atoms with Gasteiger partial charge in [-0.2, -0.15) is 0 Å². The van der Waals surface area contributed by atoms with Gasteiger partial charge in [0, 0.05) is 18.7 Å². The van der Waals surface area contributed by atoms with Gasteiger partial charge in [-0.05, 0) is 31.0 Å². The quantitative estimate of drug-likeness (QED) is 0.735. The Morgan fingerprint density at radius 1 is 1.47 bits per heavy atom. The molecule has 1 aromatic carbocycles. The molecule has 15 heavy (non-hydrogen) atoms. The molecule has 3 heteroatoms. The fraction of sp³-hybridized carbons (Fsp3) is 0.417. The van der Waals surface area contributed by atoms with Gasteiger partial charge in [-0.15, -0.1) is 0 Å². The first kappa shape index (κ1) is 10.0. The Balaban J connectivity index is 2.40. The van der Waals surface area contributed by atoms with Crippen LogP contribution in [-0.4, -0.2) is 31.0 Å². The molecule has 3 nitrogen and oxygen atoms in total. The van der Waals surface area contributed by atoms with E-state index in [1.54, 1.807) is 7.11 Å². The third-order valence-corrected chi connectivity index (χ3v) is 2.87. The van der Waals surface area contributed by atoms with E-state index >= 15 is 0 Å². The van der Waals surface area contributed by atoms with Crippen molar-refractivity contribution in [3.8, 4) is 5.75 Å². The molecule has 0 unspecified atom stereocenters. The van der Waals surface area contributed by atoms with Gasteiger partial charge >= 0.3 is 0 Å². The second-order valence-electron chi connectivity index (χ2n) is 3.66. The number of benzene rings is 1. The van der Waals surface area contributed by atoms with Crippen molar-refractivity contribution in [2.75, 3.05) is 20.2 Å². The summed E-state index contributed by atoms with van der Waals surface area (Å²) in [6.45, 7) is 3.60. The van der Waals surface area contributed by atoms with Crippen LogP contribution < -0.4 is 4.74 Å². The molecule has 1 aliphatic rings. The summed E-state index contributed by atoms with van der Waals surface area (Å²) in [5.74, 6) is 0.873. The monoisotopic (exact) mass is 205 g/mol. The molecule has 1 amide bonds. The zero-order chi connectivity index (χ0) is 10.8. The van der Waals surface area contributed by atoms with Crippen molar-refractivity contribution in [2.24, 2.45) is 0 Å². The number of nitrogens with zero attached hydrogens (tertiary/aromatic N) is 1. The lowest BCUT2D eigenvalue weighted by atomic mass is 9.99. The van der Waals surface area contributed by atoms with Crippen LogP contribution in [0.5, 0.6) is 5.75 Å². The van der Waals surface area contributed by atoms with Crippen molar-refractivity contribution in [3.05, 3.63) is 29.3 Å². The molecular weight excluding hydrogens is 190 g/mol. The number of amides is 1. The molecular formula is C12H15NO2. The number of hydrogen-bond donors (Lipinski definition) is 0. The van der Waals surface area contributed by atoms with Crippen molar-refractivity contribution in [3.63, 3.8) is 0 Å². The summed E-state index contributed by atoms with van der Waals surface area (Å²) in [5, 5.41) is 0. The maximum Gasteiger partial charge on any atom is 0.254 e. The highest BCUT2D eigenvalue weighted by molar-refractivity contribution is 5.97. The number of fused-ring (bicyclic) bond motifs is 1. The number of carbonyl (C=O) groups excluding carboxylic acids is 1. The van der Waals surface area contributed by atoms with Crippen LogP contribution in [0.4, 0.5) is 0 Å². The minimum atomic E-state index is 0.123. The van der Waals surface area contributed by atoms with E-state index < -0.39 is 0 Å². The molecule has 0 bridgehead atoms. The van der Waals surface area contributed by atoms with Crippen LogP contribution in [0.1, 0.15) is 22.8 Å². The lowest BCUT2D eigenvalue weighted by molar-refractivity contribution is 0.0748. The number of likely N-dealkylation sites (N-methyl/N-ethyl adjacent to an activating group) is 1. The van der Waals surface area contributed by atoms with Gasteiger partial charge in [0.05, 0.1) is 7.11 Å². The Hall–Kier alpha value is -1.51. The molecule has 0 saturated carbocycles. The van der Waals surface area contributed by atoms with E-state index in [0.717, 1.165) is 36.4 Å². The van der Waals surface area contributed by atoms with Gasteiger partial charge < -0.3 is 9.64 Å². The van der Waals surface area contributed by atoms with E-state index in [2.05, 4.69) is 0 Å². The zero-order valence-electron chi connectivity index (χ0n) is 9.12. The SMILES string of the molecule is CCN1CCc2ccc(OC)cc2C1=O. The lowest BCUT2D eigenvalue weighted by Gasteiger charge is -2.27. The highest BCUT2D eigenvalue weighted by atomic mass is 16.5. The average Bonchev–Trinajstić information content (AvgIpc) is 2.29. The van der Waals surface area contributed by atoms with Crippen molar-refractivity contribution in [2.45, 2.75) is 13.3 Å². The second-order valence-corrected chi connectivity index (χ2v) is 3.66. The van der Waals surface area contributed by atoms with Crippen LogP contribution in [0.15, 0.2) is 18.2 Å². The fourth-order valence-corrected chi connectivity index (χ4v) is 1.93. The predicted molar refractivity (Wildman–Crippen MR) is 58.3 cm³/mol. The molecule has 1 aliphatic heterocycles. The normalized spacial score (nSPS) is 15.1. The Morgan fingerprint density at radius 3 is 2.93 bits per heavy atom. The van der Waals surface area contributed by atoms with Crippen LogP contribution in [0.3, 0.4) is 0 Å². The van der Waals surface area contributed by atoms with E-state index in [4.69, 9.17) is 4.74 Å². The molecule has 0 spiro atoms. The number of carbonyl (C=O) groups is 1. The van der Waals surface area contributed by atoms with Crippen LogP contribution in [0.2, 0.25) is 0 Å². The Bertz CT molecular complexity index is 387. The molecule has 0 N–H and O–H groups in total. The van der Waals surface area contributed by atoms with Crippen LogP contribution >= 0.6 is 0 Å². The molecule has 1 aromatic rings. The molecule has 0 radical (unpaired) electrons. The van der Waals surface area contributed by atoms with Crippen molar-refractivity contribution in [1.82, 2.24) is 4.90 Å². The molecule has 1 heterocycles. The van der Waals surface area contributed by atoms with Crippen LogP contribution in [-0.2, 0) is 6.42 Å². The minimum absolute atomic E-state index is 0.123. The van der Waals surface area contributed by atoms with Gasteiger partial charge in [0.25, 0.3) is 5.91 Å². The van der Waals surface area contributed by atoms with Crippen LogP contribution in [0, 0.1) is 0 Å². The van der Waals surface area contributed by atoms with Crippen LogP contribution in [0.25, 0.3) is 0 Å². The predicted octanol–water partition coefficient (Wildman–Crippen LogP) is 1.71. The topological polar surface area (TPSA) is 29.5 Å². The Labute approximate surface area is 89.7 Å². The zero-order valence-corrected chi connectivity index (χ0v) is 9.12. The number of methoxy groups -OCH3 is 1. The van der Waals surface area contributed by atoms with Crippen molar-refractivity contribution >= 4 is 5.91 Å². The van der Waals surface area contributed by atoms with Gasteiger partial charge in [0.15, 0.2) is 0 Å². The summed E-state index contributed by atoms with van der Waals surface area (Å²) < 4.78 is 5.13. The van der Waals surface area contributed by atoms with Gasteiger partial charge in [0.1, 0.15) is 5.75 Å². The number of hydrogen-bond acceptors (Lipinski definition) is 2. The summed E-state index contributed by atoms with van der Waals surface area (Å²) in [6.07, 6.45) is 0.943. The third-order valence-electron chi connectivity index (χ3n) is 2.87. The number of rotatable bonds is 2. The summed E-state index contributed by atoms with van der Waals surface area (Å²) in [6, 6.07) is 5.73. The first-order valence-corrected chi connectivity index (χ1v) is 5.22. The molecule has 2 rings (SSSR count). The smallest absolute Gasteiger partial charge is 0.254 e. The molecule has 80 valence electrons. The van der Waals surface area contributed by atoms with Crippen molar-refractivity contribution < 1.29 is 9.53 Å². The van der Waals surface area contributed by atoms with E-state index in [1.807, 2.05) is 30.0 Å². The summed E-state index contributed by atoms with van der Waals surface area (Å²) >= 11 is 0. The summed E-state index contributed by atoms with van der Waals surface area (Å²) in [4.78, 5) is 13.8. The average molecular weight is 205 g/mol. The third kappa shape index (κ3) is 1.69. The lowest BCUT2D eigenvalue weighted by Crippen LogP contribution is -2.37. The molecule has 0 aliphatic carbocycles. The highest BCUT2D eigenvalue weighted by Crippen LogP contribution is 2.23. The number of ether oxygens (including phenoxy) is 1. The standard InChI is InChI=1S/C12H15NO2/c1-3-13-7-6-9-4-5-10(15-2)8-11(9)12(13)14/h4-5,8H,3,6-7H2,1-2H3. The maximum absolute atomic E-state index is 12.0. The van der Waals surface area contributed by atoms with Gasteiger partial charge in [0.2, 0.25) is 0 Å². The van der Waals surface area contributed by atoms with E-state index in [-0.39, 0.29) is 5.91 Å². The van der Waals surface area contributed by atoms with Gasteiger partial charge in [-0.1, -0.05) is 6.07 Å². The summed E-state index contributed by atoms with van der Waals surface area (Å²) in [5.41, 5.74) is 1.92. The van der Waals surface area contributed by atoms with Gasteiger partial charge in [-0.3, -0.25) is 4.79 Å². The molecule has 0 fully saturated rings. The fourth-order valence-electron chi connectivity index (χ4n) is 1.93. The second kappa shape index (κ2) is 3.93.